The van der Waals surface area contributed by atoms with Gasteiger partial charge in [0.25, 0.3) is 0 Å². The number of rotatable bonds is 1. The molecule has 0 saturated carbocycles. The van der Waals surface area contributed by atoms with E-state index in [0.717, 1.165) is 36.4 Å². The molecule has 1 aliphatic heterocycles. The van der Waals surface area contributed by atoms with Crippen LogP contribution in [-0.4, -0.2) is 35.9 Å². The second kappa shape index (κ2) is 5.66. The lowest BCUT2D eigenvalue weighted by molar-refractivity contribution is -0.116. The number of benzene rings is 1. The van der Waals surface area contributed by atoms with Gasteiger partial charge in [-0.2, -0.15) is 0 Å². The molecule has 1 aliphatic rings. The Balaban J connectivity index is 2.06. The molecule has 4 nitrogen and oxygen atoms in total. The van der Waals surface area contributed by atoms with Crippen molar-refractivity contribution >= 4 is 11.6 Å². The van der Waals surface area contributed by atoms with E-state index in [1.807, 2.05) is 17.0 Å². The Labute approximate surface area is 125 Å². The number of anilines is 1. The van der Waals surface area contributed by atoms with Crippen LogP contribution in [-0.2, 0) is 11.3 Å². The van der Waals surface area contributed by atoms with Gasteiger partial charge in [-0.3, -0.25) is 9.78 Å². The third-order valence-electron chi connectivity index (χ3n) is 3.91. The largest absolute Gasteiger partial charge is 0.311 e. The van der Waals surface area contributed by atoms with Crippen molar-refractivity contribution in [3.8, 4) is 11.1 Å². The van der Waals surface area contributed by atoms with Crippen molar-refractivity contribution in [2.45, 2.75) is 13.5 Å². The molecule has 4 heteroatoms. The Morgan fingerprint density at radius 3 is 2.57 bits per heavy atom. The lowest BCUT2D eigenvalue weighted by atomic mass is 10.0. The van der Waals surface area contributed by atoms with E-state index in [1.165, 1.54) is 5.56 Å². The van der Waals surface area contributed by atoms with Gasteiger partial charge in [0, 0.05) is 44.6 Å². The molecule has 0 radical (unpaired) electrons. The van der Waals surface area contributed by atoms with Gasteiger partial charge in [-0.1, -0.05) is 6.07 Å². The minimum Gasteiger partial charge on any atom is -0.311 e. The van der Waals surface area contributed by atoms with Gasteiger partial charge in [-0.15, -0.1) is 0 Å². The zero-order valence-electron chi connectivity index (χ0n) is 12.4. The van der Waals surface area contributed by atoms with Crippen molar-refractivity contribution < 1.29 is 4.79 Å². The van der Waals surface area contributed by atoms with Crippen LogP contribution in [0.4, 0.5) is 5.69 Å². The van der Waals surface area contributed by atoms with Crippen LogP contribution < -0.4 is 4.90 Å². The topological polar surface area (TPSA) is 36.4 Å². The average molecular weight is 281 g/mol. The molecule has 108 valence electrons. The smallest absolute Gasteiger partial charge is 0.223 e. The summed E-state index contributed by atoms with van der Waals surface area (Å²) >= 11 is 0. The zero-order chi connectivity index (χ0) is 14.8. The van der Waals surface area contributed by atoms with Crippen LogP contribution in [0.15, 0.2) is 42.7 Å². The van der Waals surface area contributed by atoms with E-state index in [9.17, 15) is 4.79 Å². The maximum Gasteiger partial charge on any atom is 0.223 e. The SMILES string of the molecule is CC(=O)N1CCN(C)Cc2cc(-c3ccncc3)ccc21. The van der Waals surface area contributed by atoms with Gasteiger partial charge in [-0.05, 0) is 48.0 Å². The van der Waals surface area contributed by atoms with Gasteiger partial charge in [0.1, 0.15) is 0 Å². The Kier molecular flexibility index (Phi) is 3.71. The summed E-state index contributed by atoms with van der Waals surface area (Å²) in [5.41, 5.74) is 4.54. The summed E-state index contributed by atoms with van der Waals surface area (Å²) in [6.07, 6.45) is 3.60. The number of carbonyl (C=O) groups excluding carboxylic acids is 1. The first-order valence-corrected chi connectivity index (χ1v) is 7.15. The number of likely N-dealkylation sites (N-methyl/N-ethyl adjacent to an activating group) is 1. The first-order chi connectivity index (χ1) is 10.1. The van der Waals surface area contributed by atoms with Crippen molar-refractivity contribution in [1.29, 1.82) is 0 Å². The van der Waals surface area contributed by atoms with E-state index in [0.29, 0.717) is 0 Å². The van der Waals surface area contributed by atoms with Crippen LogP contribution in [0.2, 0.25) is 0 Å². The van der Waals surface area contributed by atoms with Crippen LogP contribution in [0, 0.1) is 0 Å². The summed E-state index contributed by atoms with van der Waals surface area (Å²) < 4.78 is 0. The molecule has 21 heavy (non-hydrogen) atoms. The van der Waals surface area contributed by atoms with Crippen molar-refractivity contribution in [3.05, 3.63) is 48.3 Å². The predicted octanol–water partition coefficient (Wildman–Crippen LogP) is 2.55. The third-order valence-corrected chi connectivity index (χ3v) is 3.91. The molecule has 0 N–H and O–H groups in total. The monoisotopic (exact) mass is 281 g/mol. The second-order valence-corrected chi connectivity index (χ2v) is 5.49. The van der Waals surface area contributed by atoms with E-state index in [1.54, 1.807) is 19.3 Å². The minimum atomic E-state index is 0.100. The maximum absolute atomic E-state index is 11.9. The van der Waals surface area contributed by atoms with Crippen LogP contribution in [0.3, 0.4) is 0 Å². The first kappa shape index (κ1) is 13.8. The zero-order valence-corrected chi connectivity index (χ0v) is 12.4. The molecule has 0 spiro atoms. The fourth-order valence-corrected chi connectivity index (χ4v) is 2.79. The molecule has 2 aromatic rings. The predicted molar refractivity (Wildman–Crippen MR) is 84.0 cm³/mol. The number of nitrogens with zero attached hydrogens (tertiary/aromatic N) is 3. The molecular weight excluding hydrogens is 262 g/mol. The van der Waals surface area contributed by atoms with Crippen molar-refractivity contribution in [1.82, 2.24) is 9.88 Å². The summed E-state index contributed by atoms with van der Waals surface area (Å²) in [5.74, 6) is 0.100. The third kappa shape index (κ3) is 2.81. The normalized spacial score (nSPS) is 15.4. The molecule has 1 amide bonds. The molecule has 0 aliphatic carbocycles. The van der Waals surface area contributed by atoms with Gasteiger partial charge < -0.3 is 9.80 Å². The van der Waals surface area contributed by atoms with Gasteiger partial charge in [0.2, 0.25) is 5.91 Å². The molecular formula is C17H19N3O. The molecule has 0 fully saturated rings. The number of hydrogen-bond acceptors (Lipinski definition) is 3. The number of pyridine rings is 1. The van der Waals surface area contributed by atoms with E-state index < -0.39 is 0 Å². The quantitative estimate of drug-likeness (QED) is 0.806. The summed E-state index contributed by atoms with van der Waals surface area (Å²) in [6, 6.07) is 10.3. The van der Waals surface area contributed by atoms with Crippen LogP contribution in [0.25, 0.3) is 11.1 Å². The van der Waals surface area contributed by atoms with Gasteiger partial charge >= 0.3 is 0 Å². The van der Waals surface area contributed by atoms with Gasteiger partial charge in [0.15, 0.2) is 0 Å². The lowest BCUT2D eigenvalue weighted by Crippen LogP contribution is -2.33. The highest BCUT2D eigenvalue weighted by atomic mass is 16.2. The Hall–Kier alpha value is -2.20. The minimum absolute atomic E-state index is 0.100. The van der Waals surface area contributed by atoms with Crippen molar-refractivity contribution in [2.75, 3.05) is 25.0 Å². The fraction of sp³-hybridized carbons (Fsp3) is 0.294. The second-order valence-electron chi connectivity index (χ2n) is 5.49. The highest BCUT2D eigenvalue weighted by molar-refractivity contribution is 5.93. The van der Waals surface area contributed by atoms with Gasteiger partial charge in [0.05, 0.1) is 0 Å². The van der Waals surface area contributed by atoms with E-state index >= 15 is 0 Å². The van der Waals surface area contributed by atoms with Crippen LogP contribution in [0.5, 0.6) is 0 Å². The average Bonchev–Trinajstić information content (AvgIpc) is 2.65. The molecule has 0 bridgehead atoms. The Morgan fingerprint density at radius 2 is 1.86 bits per heavy atom. The summed E-state index contributed by atoms with van der Waals surface area (Å²) in [7, 11) is 2.09. The summed E-state index contributed by atoms with van der Waals surface area (Å²) in [5, 5.41) is 0. The van der Waals surface area contributed by atoms with Crippen LogP contribution in [0.1, 0.15) is 12.5 Å². The fourth-order valence-electron chi connectivity index (χ4n) is 2.79. The molecule has 0 saturated heterocycles. The van der Waals surface area contributed by atoms with Crippen molar-refractivity contribution in [2.24, 2.45) is 0 Å². The summed E-state index contributed by atoms with van der Waals surface area (Å²) in [4.78, 5) is 20.1. The first-order valence-electron chi connectivity index (χ1n) is 7.15. The number of hydrogen-bond donors (Lipinski definition) is 0. The molecule has 0 atom stereocenters. The number of amides is 1. The lowest BCUT2D eigenvalue weighted by Gasteiger charge is -2.21. The number of aromatic nitrogens is 1. The summed E-state index contributed by atoms with van der Waals surface area (Å²) in [6.45, 7) is 4.12. The van der Waals surface area contributed by atoms with E-state index in [-0.39, 0.29) is 5.91 Å². The van der Waals surface area contributed by atoms with E-state index in [4.69, 9.17) is 0 Å². The van der Waals surface area contributed by atoms with Gasteiger partial charge in [-0.25, -0.2) is 0 Å². The highest BCUT2D eigenvalue weighted by Gasteiger charge is 2.20. The maximum atomic E-state index is 11.9. The van der Waals surface area contributed by atoms with Crippen LogP contribution >= 0.6 is 0 Å². The van der Waals surface area contributed by atoms with E-state index in [2.05, 4.69) is 35.1 Å². The highest BCUT2D eigenvalue weighted by Crippen LogP contribution is 2.30. The molecule has 0 unspecified atom stereocenters. The Bertz CT molecular complexity index is 654. The molecule has 1 aromatic heterocycles. The number of carbonyl (C=O) groups is 1. The standard InChI is InChI=1S/C17H19N3O/c1-13(21)20-10-9-19(2)12-16-11-15(3-4-17(16)20)14-5-7-18-8-6-14/h3-8,11H,9-10,12H2,1-2H3. The molecule has 2 heterocycles. The number of fused-ring (bicyclic) bond motifs is 1. The molecule has 3 rings (SSSR count). The van der Waals surface area contributed by atoms with Crippen molar-refractivity contribution in [3.63, 3.8) is 0 Å². The Morgan fingerprint density at radius 1 is 1.10 bits per heavy atom. The molecule has 1 aromatic carbocycles.